The van der Waals surface area contributed by atoms with Gasteiger partial charge in [-0.3, -0.25) is 14.5 Å². The minimum Gasteiger partial charge on any atom is -0.507 e. The number of thiophene rings is 1. The van der Waals surface area contributed by atoms with Gasteiger partial charge in [-0.05, 0) is 60.2 Å². The Labute approximate surface area is 199 Å². The highest BCUT2D eigenvalue weighted by Crippen LogP contribution is 2.44. The number of aryl methyl sites for hydroxylation is 1. The molecule has 1 saturated heterocycles. The van der Waals surface area contributed by atoms with Crippen LogP contribution in [0.15, 0.2) is 59.5 Å². The van der Waals surface area contributed by atoms with Crippen LogP contribution in [-0.4, -0.2) is 23.4 Å². The van der Waals surface area contributed by atoms with Crippen molar-refractivity contribution >= 4 is 34.5 Å². The summed E-state index contributed by atoms with van der Waals surface area (Å²) in [5, 5.41) is 13.0. The molecule has 34 heavy (non-hydrogen) atoms. The average Bonchev–Trinajstić information content (AvgIpc) is 3.41. The first-order valence-electron chi connectivity index (χ1n) is 10.7. The lowest BCUT2D eigenvalue weighted by atomic mass is 9.98. The van der Waals surface area contributed by atoms with Crippen LogP contribution in [-0.2, 0) is 9.59 Å². The van der Waals surface area contributed by atoms with Gasteiger partial charge in [-0.25, -0.2) is 8.78 Å². The standard InChI is InChI=1S/C26H23F2NO4S/c1-14(2)13-33-20-9-6-16(11-15(20)3)24(30)22-23(21-5-4-10-34-21)29(26(32)25(22)31)17-7-8-18(27)19(28)12-17/h4-12,14,23,30H,13H2,1-3H3/b24-22-. The van der Waals surface area contributed by atoms with Gasteiger partial charge in [0, 0.05) is 22.2 Å². The second-order valence-electron chi connectivity index (χ2n) is 8.47. The van der Waals surface area contributed by atoms with Crippen LogP contribution in [0.3, 0.4) is 0 Å². The van der Waals surface area contributed by atoms with E-state index in [9.17, 15) is 23.5 Å². The Hall–Kier alpha value is -3.52. The van der Waals surface area contributed by atoms with E-state index in [0.29, 0.717) is 28.7 Å². The molecule has 176 valence electrons. The first-order valence-corrected chi connectivity index (χ1v) is 11.6. The number of ether oxygens (including phenoxy) is 1. The topological polar surface area (TPSA) is 66.8 Å². The quantitative estimate of drug-likeness (QED) is 0.265. The van der Waals surface area contributed by atoms with Gasteiger partial charge in [0.15, 0.2) is 11.6 Å². The zero-order valence-corrected chi connectivity index (χ0v) is 19.7. The first-order chi connectivity index (χ1) is 16.2. The van der Waals surface area contributed by atoms with E-state index in [2.05, 4.69) is 0 Å². The molecule has 0 aliphatic carbocycles. The number of halogens is 2. The van der Waals surface area contributed by atoms with Crippen LogP contribution in [0.4, 0.5) is 14.5 Å². The van der Waals surface area contributed by atoms with E-state index in [1.165, 1.54) is 17.4 Å². The van der Waals surface area contributed by atoms with Crippen LogP contribution in [0, 0.1) is 24.5 Å². The molecule has 0 bridgehead atoms. The molecular weight excluding hydrogens is 460 g/mol. The number of anilines is 1. The number of aliphatic hydroxyl groups is 1. The highest BCUT2D eigenvalue weighted by molar-refractivity contribution is 7.10. The molecule has 1 aliphatic rings. The maximum Gasteiger partial charge on any atom is 0.300 e. The van der Waals surface area contributed by atoms with Gasteiger partial charge in [-0.2, -0.15) is 0 Å². The highest BCUT2D eigenvalue weighted by Gasteiger charge is 2.47. The molecule has 5 nitrogen and oxygen atoms in total. The Morgan fingerprint density at radius 1 is 1.12 bits per heavy atom. The Kier molecular flexibility index (Phi) is 6.52. The van der Waals surface area contributed by atoms with E-state index < -0.39 is 29.4 Å². The zero-order valence-electron chi connectivity index (χ0n) is 18.8. The molecule has 1 aromatic heterocycles. The third-order valence-electron chi connectivity index (χ3n) is 5.46. The second-order valence-corrected chi connectivity index (χ2v) is 9.45. The van der Waals surface area contributed by atoms with Crippen molar-refractivity contribution in [1.29, 1.82) is 0 Å². The van der Waals surface area contributed by atoms with Crippen molar-refractivity contribution in [1.82, 2.24) is 0 Å². The number of nitrogens with zero attached hydrogens (tertiary/aromatic N) is 1. The third-order valence-corrected chi connectivity index (χ3v) is 6.38. The van der Waals surface area contributed by atoms with Crippen LogP contribution in [0.5, 0.6) is 5.75 Å². The van der Waals surface area contributed by atoms with Gasteiger partial charge in [0.2, 0.25) is 0 Å². The largest absolute Gasteiger partial charge is 0.507 e. The fourth-order valence-electron chi connectivity index (χ4n) is 3.82. The third kappa shape index (κ3) is 4.33. The number of benzene rings is 2. The van der Waals surface area contributed by atoms with E-state index >= 15 is 0 Å². The predicted molar refractivity (Wildman–Crippen MR) is 127 cm³/mol. The van der Waals surface area contributed by atoms with Gasteiger partial charge in [-0.15, -0.1) is 11.3 Å². The molecule has 2 aromatic carbocycles. The molecule has 1 aliphatic heterocycles. The number of hydrogen-bond acceptors (Lipinski definition) is 5. The van der Waals surface area contributed by atoms with Crippen molar-refractivity contribution in [2.45, 2.75) is 26.8 Å². The Morgan fingerprint density at radius 2 is 1.88 bits per heavy atom. The van der Waals surface area contributed by atoms with Crippen molar-refractivity contribution in [3.8, 4) is 5.75 Å². The number of carbonyl (C=O) groups excluding carboxylic acids is 2. The van der Waals surface area contributed by atoms with E-state index in [1.807, 2.05) is 20.8 Å². The number of rotatable bonds is 6. The average molecular weight is 484 g/mol. The fraction of sp³-hybridized carbons (Fsp3) is 0.231. The number of ketones is 1. The lowest BCUT2D eigenvalue weighted by Gasteiger charge is -2.24. The minimum atomic E-state index is -1.14. The summed E-state index contributed by atoms with van der Waals surface area (Å²) in [7, 11) is 0. The predicted octanol–water partition coefficient (Wildman–Crippen LogP) is 6.00. The Balaban J connectivity index is 1.82. The van der Waals surface area contributed by atoms with E-state index in [1.54, 1.807) is 35.7 Å². The normalized spacial score (nSPS) is 17.6. The maximum absolute atomic E-state index is 14.0. The Morgan fingerprint density at radius 3 is 2.50 bits per heavy atom. The number of carbonyl (C=O) groups is 2. The number of hydrogen-bond donors (Lipinski definition) is 1. The molecule has 1 N–H and O–H groups in total. The zero-order chi connectivity index (χ0) is 24.6. The van der Waals surface area contributed by atoms with Gasteiger partial charge in [0.1, 0.15) is 17.6 Å². The first kappa shape index (κ1) is 23.6. The summed E-state index contributed by atoms with van der Waals surface area (Å²) >= 11 is 1.28. The molecule has 1 unspecified atom stereocenters. The van der Waals surface area contributed by atoms with Gasteiger partial charge < -0.3 is 9.84 Å². The van der Waals surface area contributed by atoms with Gasteiger partial charge >= 0.3 is 0 Å². The molecule has 8 heteroatoms. The molecular formula is C26H23F2NO4S. The number of amides is 1. The van der Waals surface area contributed by atoms with E-state index in [-0.39, 0.29) is 17.0 Å². The summed E-state index contributed by atoms with van der Waals surface area (Å²) in [5.41, 5.74) is 1.01. The van der Waals surface area contributed by atoms with Crippen LogP contribution in [0.2, 0.25) is 0 Å². The molecule has 1 atom stereocenters. The number of aliphatic hydroxyl groups excluding tert-OH is 1. The molecule has 0 saturated carbocycles. The fourth-order valence-corrected chi connectivity index (χ4v) is 4.64. The SMILES string of the molecule is Cc1cc(/C(O)=C2/C(=O)C(=O)N(c3ccc(F)c(F)c3)C2c2cccs2)ccc1OCC(C)C. The van der Waals surface area contributed by atoms with Crippen LogP contribution in [0.1, 0.15) is 35.9 Å². The van der Waals surface area contributed by atoms with Crippen molar-refractivity contribution < 1.29 is 28.2 Å². The molecule has 1 amide bonds. The summed E-state index contributed by atoms with van der Waals surface area (Å²) in [6.45, 7) is 6.42. The number of Topliss-reactive ketones (excluding diaryl/α,β-unsaturated/α-hetero) is 1. The lowest BCUT2D eigenvalue weighted by molar-refractivity contribution is -0.132. The minimum absolute atomic E-state index is 0.0204. The van der Waals surface area contributed by atoms with Crippen molar-refractivity contribution in [2.24, 2.45) is 5.92 Å². The summed E-state index contributed by atoms with van der Waals surface area (Å²) in [6, 6.07) is 10.5. The van der Waals surface area contributed by atoms with Crippen molar-refractivity contribution in [3.63, 3.8) is 0 Å². The monoisotopic (exact) mass is 483 g/mol. The van der Waals surface area contributed by atoms with Gasteiger partial charge in [0.25, 0.3) is 11.7 Å². The smallest absolute Gasteiger partial charge is 0.300 e. The molecule has 0 spiro atoms. The molecule has 3 aromatic rings. The molecule has 0 radical (unpaired) electrons. The summed E-state index contributed by atoms with van der Waals surface area (Å²) in [4.78, 5) is 27.8. The molecule has 1 fully saturated rings. The summed E-state index contributed by atoms with van der Waals surface area (Å²) in [5.74, 6) is -3.40. The lowest BCUT2D eigenvalue weighted by Crippen LogP contribution is -2.29. The summed E-state index contributed by atoms with van der Waals surface area (Å²) < 4.78 is 33.3. The highest BCUT2D eigenvalue weighted by atomic mass is 32.1. The van der Waals surface area contributed by atoms with Gasteiger partial charge in [0.05, 0.1) is 12.2 Å². The molecule has 4 rings (SSSR count). The van der Waals surface area contributed by atoms with E-state index in [0.717, 1.165) is 22.6 Å². The van der Waals surface area contributed by atoms with Crippen LogP contribution in [0.25, 0.3) is 5.76 Å². The Bertz CT molecular complexity index is 1280. The molecule has 2 heterocycles. The second kappa shape index (κ2) is 9.38. The van der Waals surface area contributed by atoms with Gasteiger partial charge in [-0.1, -0.05) is 19.9 Å². The van der Waals surface area contributed by atoms with Crippen molar-refractivity contribution in [3.05, 3.63) is 87.1 Å². The van der Waals surface area contributed by atoms with Crippen LogP contribution >= 0.6 is 11.3 Å². The van der Waals surface area contributed by atoms with Crippen LogP contribution < -0.4 is 9.64 Å². The van der Waals surface area contributed by atoms with Crippen molar-refractivity contribution in [2.75, 3.05) is 11.5 Å². The van der Waals surface area contributed by atoms with E-state index in [4.69, 9.17) is 4.74 Å². The maximum atomic E-state index is 14.0. The summed E-state index contributed by atoms with van der Waals surface area (Å²) in [6.07, 6.45) is 0.